The SMILES string of the molecule is COc1ccc(C)cc1C(C)NCC1CCCCC1C. The maximum Gasteiger partial charge on any atom is 0.123 e. The summed E-state index contributed by atoms with van der Waals surface area (Å²) in [7, 11) is 1.75. The number of aryl methyl sites for hydroxylation is 1. The third kappa shape index (κ3) is 3.76. The predicted molar refractivity (Wildman–Crippen MR) is 85.3 cm³/mol. The summed E-state index contributed by atoms with van der Waals surface area (Å²) in [5, 5.41) is 3.72. The largest absolute Gasteiger partial charge is 0.496 e. The van der Waals surface area contributed by atoms with E-state index in [1.54, 1.807) is 7.11 Å². The first kappa shape index (κ1) is 15.4. The Bertz CT molecular complexity index is 429. The first-order valence-corrected chi connectivity index (χ1v) is 7.99. The molecule has 2 nitrogen and oxygen atoms in total. The van der Waals surface area contributed by atoms with E-state index in [1.165, 1.54) is 36.8 Å². The Kier molecular flexibility index (Phi) is 5.47. The lowest BCUT2D eigenvalue weighted by molar-refractivity contribution is 0.242. The van der Waals surface area contributed by atoms with Crippen LogP contribution in [0.25, 0.3) is 0 Å². The molecule has 0 aromatic heterocycles. The van der Waals surface area contributed by atoms with Crippen molar-refractivity contribution < 1.29 is 4.74 Å². The Balaban J connectivity index is 1.97. The number of methoxy groups -OCH3 is 1. The molecule has 0 amide bonds. The van der Waals surface area contributed by atoms with Gasteiger partial charge < -0.3 is 10.1 Å². The van der Waals surface area contributed by atoms with E-state index in [1.807, 2.05) is 0 Å². The predicted octanol–water partition coefficient (Wildman–Crippen LogP) is 4.48. The van der Waals surface area contributed by atoms with Crippen LogP contribution in [0.2, 0.25) is 0 Å². The van der Waals surface area contributed by atoms with E-state index in [4.69, 9.17) is 4.74 Å². The van der Waals surface area contributed by atoms with Gasteiger partial charge in [-0.25, -0.2) is 0 Å². The van der Waals surface area contributed by atoms with E-state index in [-0.39, 0.29) is 0 Å². The Hall–Kier alpha value is -1.02. The van der Waals surface area contributed by atoms with Crippen molar-refractivity contribution in [3.05, 3.63) is 29.3 Å². The third-order valence-corrected chi connectivity index (χ3v) is 4.83. The Morgan fingerprint density at radius 1 is 1.30 bits per heavy atom. The molecule has 1 aliphatic carbocycles. The van der Waals surface area contributed by atoms with Gasteiger partial charge in [0.05, 0.1) is 7.11 Å². The second kappa shape index (κ2) is 7.12. The average molecular weight is 275 g/mol. The minimum Gasteiger partial charge on any atom is -0.496 e. The van der Waals surface area contributed by atoms with Crippen molar-refractivity contribution in [2.24, 2.45) is 11.8 Å². The van der Waals surface area contributed by atoms with E-state index < -0.39 is 0 Å². The number of nitrogens with one attached hydrogen (secondary N) is 1. The average Bonchev–Trinajstić information content (AvgIpc) is 2.46. The highest BCUT2D eigenvalue weighted by molar-refractivity contribution is 5.38. The topological polar surface area (TPSA) is 21.3 Å². The van der Waals surface area contributed by atoms with Crippen molar-refractivity contribution in [1.29, 1.82) is 0 Å². The van der Waals surface area contributed by atoms with Crippen molar-refractivity contribution in [3.63, 3.8) is 0 Å². The quantitative estimate of drug-likeness (QED) is 0.855. The zero-order chi connectivity index (χ0) is 14.5. The molecule has 0 radical (unpaired) electrons. The van der Waals surface area contributed by atoms with E-state index >= 15 is 0 Å². The molecule has 1 aromatic carbocycles. The van der Waals surface area contributed by atoms with Crippen LogP contribution in [0, 0.1) is 18.8 Å². The lowest BCUT2D eigenvalue weighted by Crippen LogP contribution is -2.31. The van der Waals surface area contributed by atoms with Gasteiger partial charge in [0.15, 0.2) is 0 Å². The van der Waals surface area contributed by atoms with Crippen LogP contribution in [0.15, 0.2) is 18.2 Å². The van der Waals surface area contributed by atoms with Crippen LogP contribution in [-0.4, -0.2) is 13.7 Å². The molecule has 0 spiro atoms. The summed E-state index contributed by atoms with van der Waals surface area (Å²) in [6, 6.07) is 6.77. The van der Waals surface area contributed by atoms with Gasteiger partial charge in [-0.05, 0) is 44.7 Å². The van der Waals surface area contributed by atoms with E-state index in [0.29, 0.717) is 6.04 Å². The molecule has 1 N–H and O–H groups in total. The van der Waals surface area contributed by atoms with Crippen molar-refractivity contribution in [1.82, 2.24) is 5.32 Å². The smallest absolute Gasteiger partial charge is 0.123 e. The fourth-order valence-electron chi connectivity index (χ4n) is 3.33. The van der Waals surface area contributed by atoms with Crippen LogP contribution in [0.3, 0.4) is 0 Å². The molecule has 1 saturated carbocycles. The molecule has 20 heavy (non-hydrogen) atoms. The van der Waals surface area contributed by atoms with Crippen LogP contribution < -0.4 is 10.1 Å². The molecule has 0 aliphatic heterocycles. The second-order valence-corrected chi connectivity index (χ2v) is 6.40. The maximum atomic E-state index is 5.49. The monoisotopic (exact) mass is 275 g/mol. The minimum absolute atomic E-state index is 0.346. The highest BCUT2D eigenvalue weighted by Crippen LogP contribution is 2.30. The van der Waals surface area contributed by atoms with Crippen molar-refractivity contribution in [3.8, 4) is 5.75 Å². The van der Waals surface area contributed by atoms with E-state index in [0.717, 1.165) is 24.1 Å². The van der Waals surface area contributed by atoms with Crippen molar-refractivity contribution in [2.45, 2.75) is 52.5 Å². The van der Waals surface area contributed by atoms with Crippen LogP contribution in [0.5, 0.6) is 5.75 Å². The number of hydrogen-bond acceptors (Lipinski definition) is 2. The van der Waals surface area contributed by atoms with Gasteiger partial charge in [0.25, 0.3) is 0 Å². The lowest BCUT2D eigenvalue weighted by Gasteiger charge is -2.30. The molecular weight excluding hydrogens is 246 g/mol. The number of hydrogen-bond donors (Lipinski definition) is 1. The maximum absolute atomic E-state index is 5.49. The summed E-state index contributed by atoms with van der Waals surface area (Å²) in [5.41, 5.74) is 2.57. The van der Waals surface area contributed by atoms with Crippen LogP contribution in [-0.2, 0) is 0 Å². The Morgan fingerprint density at radius 3 is 2.75 bits per heavy atom. The first-order chi connectivity index (χ1) is 9.61. The zero-order valence-corrected chi connectivity index (χ0v) is 13.4. The molecule has 2 heteroatoms. The van der Waals surface area contributed by atoms with Gasteiger partial charge in [0.1, 0.15) is 5.75 Å². The third-order valence-electron chi connectivity index (χ3n) is 4.83. The molecule has 1 fully saturated rings. The fraction of sp³-hybridized carbons (Fsp3) is 0.667. The summed E-state index contributed by atoms with van der Waals surface area (Å²) in [5.74, 6) is 2.69. The van der Waals surface area contributed by atoms with Gasteiger partial charge in [-0.1, -0.05) is 43.9 Å². The van der Waals surface area contributed by atoms with E-state index in [9.17, 15) is 0 Å². The zero-order valence-electron chi connectivity index (χ0n) is 13.4. The van der Waals surface area contributed by atoms with Crippen molar-refractivity contribution >= 4 is 0 Å². The van der Waals surface area contributed by atoms with Gasteiger partial charge in [-0.2, -0.15) is 0 Å². The molecule has 1 aliphatic rings. The number of rotatable bonds is 5. The van der Waals surface area contributed by atoms with Gasteiger partial charge in [0, 0.05) is 11.6 Å². The summed E-state index contributed by atoms with van der Waals surface area (Å²) in [6.07, 6.45) is 5.60. The van der Waals surface area contributed by atoms with Crippen LogP contribution in [0.1, 0.15) is 56.7 Å². The van der Waals surface area contributed by atoms with Gasteiger partial charge in [-0.15, -0.1) is 0 Å². The van der Waals surface area contributed by atoms with Gasteiger partial charge in [-0.3, -0.25) is 0 Å². The summed E-state index contributed by atoms with van der Waals surface area (Å²) in [6.45, 7) is 7.91. The molecule has 112 valence electrons. The molecule has 0 saturated heterocycles. The summed E-state index contributed by atoms with van der Waals surface area (Å²) in [4.78, 5) is 0. The first-order valence-electron chi connectivity index (χ1n) is 7.99. The molecule has 2 rings (SSSR count). The molecule has 3 unspecified atom stereocenters. The lowest BCUT2D eigenvalue weighted by atomic mass is 9.80. The van der Waals surface area contributed by atoms with E-state index in [2.05, 4.69) is 44.3 Å². The number of ether oxygens (including phenoxy) is 1. The molecule has 0 heterocycles. The number of benzene rings is 1. The summed E-state index contributed by atoms with van der Waals surface area (Å²) >= 11 is 0. The van der Waals surface area contributed by atoms with Gasteiger partial charge >= 0.3 is 0 Å². The van der Waals surface area contributed by atoms with Crippen LogP contribution in [0.4, 0.5) is 0 Å². The Labute approximate surface area is 123 Å². The van der Waals surface area contributed by atoms with Crippen LogP contribution >= 0.6 is 0 Å². The fourth-order valence-corrected chi connectivity index (χ4v) is 3.33. The Morgan fingerprint density at radius 2 is 2.05 bits per heavy atom. The molecule has 1 aromatic rings. The van der Waals surface area contributed by atoms with Gasteiger partial charge in [0.2, 0.25) is 0 Å². The molecular formula is C18H29NO. The normalized spacial score (nSPS) is 24.4. The summed E-state index contributed by atoms with van der Waals surface area (Å²) < 4.78 is 5.49. The second-order valence-electron chi connectivity index (χ2n) is 6.40. The standard InChI is InChI=1S/C18H29NO/c1-13-9-10-18(20-4)17(11-13)15(3)19-12-16-8-6-5-7-14(16)2/h9-11,14-16,19H,5-8,12H2,1-4H3. The highest BCUT2D eigenvalue weighted by Gasteiger charge is 2.22. The minimum atomic E-state index is 0.346. The highest BCUT2D eigenvalue weighted by atomic mass is 16.5. The van der Waals surface area contributed by atoms with Crippen molar-refractivity contribution in [2.75, 3.05) is 13.7 Å². The molecule has 0 bridgehead atoms. The molecule has 3 atom stereocenters.